The van der Waals surface area contributed by atoms with Crippen molar-refractivity contribution in [1.29, 1.82) is 0 Å². The minimum Gasteiger partial charge on any atom is -0.454 e. The van der Waals surface area contributed by atoms with Crippen LogP contribution in [0.15, 0.2) is 16.5 Å². The standard InChI is InChI=1S/C12H2Cl6O/c13-4-1-3-6(2-5(4)14)19-12-7(3)8(15)9(16)10(17)11(12)18/h1-2H/i7+1,8+1,9+1,10+1,11+1,12+1. The predicted molar refractivity (Wildman–Crippen MR) is 83.8 cm³/mol. The van der Waals surface area contributed by atoms with Crippen molar-refractivity contribution in [3.8, 4) is 0 Å². The summed E-state index contributed by atoms with van der Waals surface area (Å²) in [6.07, 6.45) is 0. The molecule has 0 saturated carbocycles. The number of fused-ring (bicyclic) bond motifs is 3. The molecule has 1 aromatic heterocycles. The van der Waals surface area contributed by atoms with Crippen LogP contribution in [-0.4, -0.2) is 0 Å². The van der Waals surface area contributed by atoms with Crippen LogP contribution in [-0.2, 0) is 0 Å². The van der Waals surface area contributed by atoms with E-state index in [4.69, 9.17) is 74.0 Å². The first-order valence-corrected chi connectivity index (χ1v) is 7.21. The van der Waals surface area contributed by atoms with Crippen LogP contribution in [0.25, 0.3) is 21.9 Å². The minimum absolute atomic E-state index is 0.150. The summed E-state index contributed by atoms with van der Waals surface area (Å²) in [4.78, 5) is 0. The third-order valence-electron chi connectivity index (χ3n) is 2.73. The number of hydrogen-bond donors (Lipinski definition) is 0. The van der Waals surface area contributed by atoms with Crippen LogP contribution in [0.3, 0.4) is 0 Å². The van der Waals surface area contributed by atoms with Crippen molar-refractivity contribution >= 4 is 91.5 Å². The van der Waals surface area contributed by atoms with E-state index in [2.05, 4.69) is 0 Å². The van der Waals surface area contributed by atoms with Crippen LogP contribution in [0.5, 0.6) is 0 Å². The number of halogens is 6. The van der Waals surface area contributed by atoms with E-state index in [0.717, 1.165) is 0 Å². The number of benzene rings is 2. The van der Waals surface area contributed by atoms with Gasteiger partial charge in [-0.2, -0.15) is 0 Å². The fraction of sp³-hybridized carbons (Fsp3) is 0. The second-order valence-electron chi connectivity index (χ2n) is 3.82. The Balaban J connectivity index is 2.63. The fourth-order valence-corrected chi connectivity index (χ4v) is 3.16. The highest BCUT2D eigenvalue weighted by Crippen LogP contribution is 2.47. The number of hydrogen-bond acceptors (Lipinski definition) is 1. The van der Waals surface area contributed by atoms with Gasteiger partial charge in [0.25, 0.3) is 0 Å². The van der Waals surface area contributed by atoms with Crippen molar-refractivity contribution < 1.29 is 4.42 Å². The molecular formula is C12H2Cl6O. The Bertz CT molecular complexity index is 836. The van der Waals surface area contributed by atoms with Gasteiger partial charge in [-0.25, -0.2) is 0 Å². The quantitative estimate of drug-likeness (QED) is 0.290. The molecule has 0 aliphatic carbocycles. The molecule has 3 aromatic rings. The van der Waals surface area contributed by atoms with E-state index in [0.29, 0.717) is 32.0 Å². The third kappa shape index (κ3) is 1.99. The fourth-order valence-electron chi connectivity index (χ4n) is 1.87. The summed E-state index contributed by atoms with van der Waals surface area (Å²) in [5, 5.41) is 2.79. The summed E-state index contributed by atoms with van der Waals surface area (Å²) in [6.45, 7) is 0. The first-order chi connectivity index (χ1) is 8.91. The highest BCUT2D eigenvalue weighted by molar-refractivity contribution is 6.56. The van der Waals surface area contributed by atoms with E-state index in [1.54, 1.807) is 12.1 Å². The lowest BCUT2D eigenvalue weighted by molar-refractivity contribution is 0.669. The molecule has 7 heteroatoms. The Morgan fingerprint density at radius 1 is 0.684 bits per heavy atom. The molecule has 0 amide bonds. The summed E-state index contributed by atoms with van der Waals surface area (Å²) in [5.41, 5.74) is 0.862. The molecule has 19 heavy (non-hydrogen) atoms. The molecule has 0 bridgehead atoms. The van der Waals surface area contributed by atoms with Gasteiger partial charge in [-0.1, -0.05) is 69.6 Å². The summed E-state index contributed by atoms with van der Waals surface area (Å²) in [7, 11) is 0. The predicted octanol–water partition coefficient (Wildman–Crippen LogP) is 7.51. The zero-order valence-corrected chi connectivity index (χ0v) is 13.4. The average Bonchev–Trinajstić information content (AvgIpc) is 2.73. The zero-order valence-electron chi connectivity index (χ0n) is 8.83. The van der Waals surface area contributed by atoms with Crippen LogP contribution < -0.4 is 0 Å². The third-order valence-corrected chi connectivity index (χ3v) is 5.23. The molecule has 0 saturated heterocycles. The van der Waals surface area contributed by atoms with Gasteiger partial charge in [0.05, 0.1) is 30.5 Å². The number of furan rings is 1. The molecule has 0 N–H and O–H groups in total. The summed E-state index contributed by atoms with van der Waals surface area (Å²) >= 11 is 36.3. The Labute approximate surface area is 137 Å². The molecule has 0 aliphatic heterocycles. The van der Waals surface area contributed by atoms with Gasteiger partial charge in [-0.05, 0) is 6.07 Å². The van der Waals surface area contributed by atoms with Gasteiger partial charge in [0.1, 0.15) is 10.6 Å². The van der Waals surface area contributed by atoms with Crippen molar-refractivity contribution in [1.82, 2.24) is 0 Å². The van der Waals surface area contributed by atoms with E-state index in [1.807, 2.05) is 0 Å². The molecule has 0 spiro atoms. The van der Waals surface area contributed by atoms with E-state index in [9.17, 15) is 0 Å². The molecule has 1 heterocycles. The molecule has 1 nitrogen and oxygen atoms in total. The molecule has 98 valence electrons. The van der Waals surface area contributed by atoms with E-state index in [1.165, 1.54) is 0 Å². The maximum Gasteiger partial charge on any atom is 0.157 e. The molecule has 0 aliphatic rings. The summed E-state index contributed by atoms with van der Waals surface area (Å²) in [5.74, 6) is 0. The minimum atomic E-state index is 0.150. The van der Waals surface area contributed by atoms with Crippen molar-refractivity contribution in [2.24, 2.45) is 0 Å². The Morgan fingerprint density at radius 3 is 1.95 bits per heavy atom. The second kappa shape index (κ2) is 4.77. The Hall–Kier alpha value is -0.0200. The van der Waals surface area contributed by atoms with Gasteiger partial charge < -0.3 is 4.42 Å². The van der Waals surface area contributed by atoms with Gasteiger partial charge in [-0.3, -0.25) is 0 Å². The highest BCUT2D eigenvalue weighted by Gasteiger charge is 2.21. The van der Waals surface area contributed by atoms with Gasteiger partial charge in [-0.15, -0.1) is 0 Å². The van der Waals surface area contributed by atoms with Crippen LogP contribution in [0, 0.1) is 0 Å². The SMILES string of the molecule is Clc1cc2o[13c]3[13c](Cl)[13c](Cl)[13c](Cl)[13c](Cl)[13c]3c2cc1Cl. The maximum absolute atomic E-state index is 6.20. The average molecular weight is 381 g/mol. The first-order valence-electron chi connectivity index (χ1n) is 4.95. The molecular weight excluding hydrogens is 379 g/mol. The van der Waals surface area contributed by atoms with E-state index in [-0.39, 0.29) is 20.1 Å². The monoisotopic (exact) mass is 378 g/mol. The van der Waals surface area contributed by atoms with Gasteiger partial charge in [0.15, 0.2) is 5.58 Å². The molecule has 0 unspecified atom stereocenters. The molecule has 0 atom stereocenters. The molecule has 0 fully saturated rings. The van der Waals surface area contributed by atoms with Crippen LogP contribution in [0.2, 0.25) is 30.1 Å². The van der Waals surface area contributed by atoms with Gasteiger partial charge >= 0.3 is 0 Å². The van der Waals surface area contributed by atoms with Crippen molar-refractivity contribution in [2.45, 2.75) is 0 Å². The van der Waals surface area contributed by atoms with Crippen LogP contribution in [0.1, 0.15) is 0 Å². The smallest absolute Gasteiger partial charge is 0.157 e. The topological polar surface area (TPSA) is 13.1 Å². The lowest BCUT2D eigenvalue weighted by Gasteiger charge is -2.03. The summed E-state index contributed by atoms with van der Waals surface area (Å²) < 4.78 is 5.63. The van der Waals surface area contributed by atoms with Crippen molar-refractivity contribution in [3.05, 3.63) is 42.3 Å². The van der Waals surface area contributed by atoms with E-state index < -0.39 is 0 Å². The molecule has 0 radical (unpaired) electrons. The van der Waals surface area contributed by atoms with Crippen molar-refractivity contribution in [3.63, 3.8) is 0 Å². The van der Waals surface area contributed by atoms with Crippen LogP contribution >= 0.6 is 69.6 Å². The largest absolute Gasteiger partial charge is 0.454 e. The lowest BCUT2D eigenvalue weighted by atomic mass is 10.3. The Kier molecular flexibility index (Phi) is 3.50. The highest BCUT2D eigenvalue weighted by atomic mass is 35.5. The number of rotatable bonds is 0. The normalized spacial score (nSPS) is 11.7. The van der Waals surface area contributed by atoms with Gasteiger partial charge in [0, 0.05) is 11.5 Å². The maximum atomic E-state index is 6.20. The van der Waals surface area contributed by atoms with Crippen LogP contribution in [0.4, 0.5) is 0 Å². The van der Waals surface area contributed by atoms with Gasteiger partial charge in [0.2, 0.25) is 0 Å². The lowest BCUT2D eigenvalue weighted by Crippen LogP contribution is -1.78. The molecule has 2 aromatic carbocycles. The zero-order chi connectivity index (χ0) is 13.9. The first kappa shape index (κ1) is 13.9. The van der Waals surface area contributed by atoms with E-state index >= 15 is 0 Å². The molecule has 3 rings (SSSR count). The summed E-state index contributed by atoms with van der Waals surface area (Å²) in [6, 6.07) is 3.24. The van der Waals surface area contributed by atoms with Crippen molar-refractivity contribution in [2.75, 3.05) is 0 Å². The second-order valence-corrected chi connectivity index (χ2v) is 6.15. The Morgan fingerprint density at radius 2 is 1.26 bits per heavy atom.